The molecule has 18 heavy (non-hydrogen) atoms. The second-order valence-electron chi connectivity index (χ2n) is 3.83. The Kier molecular flexibility index (Phi) is 4.30. The number of esters is 1. The van der Waals surface area contributed by atoms with Crippen LogP contribution in [0.3, 0.4) is 0 Å². The molecule has 1 aliphatic heterocycles. The summed E-state index contributed by atoms with van der Waals surface area (Å²) < 4.78 is 4.76. The number of ketones is 1. The third kappa shape index (κ3) is 2.61. The molecule has 0 aromatic rings. The van der Waals surface area contributed by atoms with E-state index in [1.165, 1.54) is 13.8 Å². The van der Waals surface area contributed by atoms with Gasteiger partial charge in [0.2, 0.25) is 5.91 Å². The lowest BCUT2D eigenvalue weighted by molar-refractivity contribution is -0.173. The van der Waals surface area contributed by atoms with Gasteiger partial charge < -0.3 is 20.7 Å². The van der Waals surface area contributed by atoms with Crippen LogP contribution in [0.5, 0.6) is 0 Å². The maximum absolute atomic E-state index is 11.5. The molecular weight excluding hydrogens is 242 g/mol. The number of ether oxygens (including phenoxy) is 1. The Labute approximate surface area is 103 Å². The number of carbonyl (C=O) groups excluding carboxylic acids is 3. The van der Waals surface area contributed by atoms with Crippen LogP contribution in [0, 0.1) is 5.92 Å². The van der Waals surface area contributed by atoms with Gasteiger partial charge in [0.25, 0.3) is 5.78 Å². The lowest BCUT2D eigenvalue weighted by atomic mass is 9.93. The van der Waals surface area contributed by atoms with Gasteiger partial charge in [-0.25, -0.2) is 4.79 Å². The summed E-state index contributed by atoms with van der Waals surface area (Å²) in [6.07, 6.45) is -2.04. The monoisotopic (exact) mass is 255 g/mol. The molecule has 8 heteroatoms. The number of amides is 1. The number of aliphatic hydroxyl groups excluding tert-OH is 1. The van der Waals surface area contributed by atoms with Crippen LogP contribution in [0.25, 0.3) is 5.53 Å². The average Bonchev–Trinajstić information content (AvgIpc) is 2.27. The number of nitrogens with zero attached hydrogens (tertiary/aromatic N) is 2. The molecule has 0 radical (unpaired) electrons. The molecule has 0 spiro atoms. The van der Waals surface area contributed by atoms with Crippen LogP contribution >= 0.6 is 0 Å². The summed E-state index contributed by atoms with van der Waals surface area (Å²) in [6.45, 7) is 2.87. The minimum atomic E-state index is -1.14. The summed E-state index contributed by atoms with van der Waals surface area (Å²) in [5, 5.41) is 11.5. The summed E-state index contributed by atoms with van der Waals surface area (Å²) in [4.78, 5) is 36.4. The number of aliphatic hydroxyl groups is 1. The molecule has 1 fully saturated rings. The summed E-state index contributed by atoms with van der Waals surface area (Å²) in [7, 11) is 0. The summed E-state index contributed by atoms with van der Waals surface area (Å²) in [5.41, 5.74) is 7.82. The third-order valence-corrected chi connectivity index (χ3v) is 2.55. The van der Waals surface area contributed by atoms with E-state index >= 15 is 0 Å². The van der Waals surface area contributed by atoms with Crippen LogP contribution < -0.4 is 5.32 Å². The molecule has 3 atom stereocenters. The van der Waals surface area contributed by atoms with Crippen LogP contribution in [-0.2, 0) is 19.1 Å². The Morgan fingerprint density at radius 3 is 2.61 bits per heavy atom. The smallest absolute Gasteiger partial charge is 0.432 e. The van der Waals surface area contributed by atoms with Crippen LogP contribution in [0.15, 0.2) is 0 Å². The Morgan fingerprint density at radius 1 is 1.61 bits per heavy atom. The second kappa shape index (κ2) is 5.52. The fourth-order valence-electron chi connectivity index (χ4n) is 1.49. The predicted octanol–water partition coefficient (Wildman–Crippen LogP) is -1.37. The molecule has 0 bridgehead atoms. The molecule has 0 saturated carbocycles. The van der Waals surface area contributed by atoms with Gasteiger partial charge in [-0.15, -0.1) is 0 Å². The Balaban J connectivity index is 2.69. The zero-order valence-corrected chi connectivity index (χ0v) is 9.91. The van der Waals surface area contributed by atoms with Gasteiger partial charge in [-0.05, 0) is 6.92 Å². The first-order chi connectivity index (χ1) is 8.42. The Bertz CT molecular complexity index is 439. The molecule has 1 rings (SSSR count). The standard InChI is InChI=1S/C10H13N3O5/c1-3-5(15)7(13-11)10(17)18-9-6(4(2)14)8(16)12-9/h4,6,9,14H,3H2,1-2H3,(H,12,16)/t4-,6-,9-/m1/s1. The highest BCUT2D eigenvalue weighted by Crippen LogP contribution is 2.20. The largest absolute Gasteiger partial charge is 0.441 e. The van der Waals surface area contributed by atoms with Crippen molar-refractivity contribution in [3.63, 3.8) is 0 Å². The number of β-lactam (4-membered cyclic amide) rings is 1. The highest BCUT2D eigenvalue weighted by atomic mass is 16.6. The maximum atomic E-state index is 11.5. The van der Waals surface area contributed by atoms with Crippen molar-refractivity contribution in [1.82, 2.24) is 5.32 Å². The third-order valence-electron chi connectivity index (χ3n) is 2.55. The fourth-order valence-corrected chi connectivity index (χ4v) is 1.49. The lowest BCUT2D eigenvalue weighted by Gasteiger charge is -2.36. The van der Waals surface area contributed by atoms with Crippen molar-refractivity contribution < 1.29 is 29.0 Å². The van der Waals surface area contributed by atoms with Gasteiger partial charge in [0.05, 0.1) is 6.10 Å². The average molecular weight is 255 g/mol. The number of carbonyl (C=O) groups is 3. The van der Waals surface area contributed by atoms with Crippen molar-refractivity contribution in [2.45, 2.75) is 32.6 Å². The number of nitrogens with one attached hydrogen (secondary N) is 1. The normalized spacial score (nSPS) is 23.2. The molecule has 1 aliphatic rings. The lowest BCUT2D eigenvalue weighted by Crippen LogP contribution is -2.63. The number of rotatable bonds is 5. The van der Waals surface area contributed by atoms with E-state index in [1.54, 1.807) is 0 Å². The molecule has 0 aliphatic carbocycles. The quantitative estimate of drug-likeness (QED) is 0.156. The van der Waals surface area contributed by atoms with Gasteiger partial charge in [0, 0.05) is 6.42 Å². The van der Waals surface area contributed by atoms with E-state index in [-0.39, 0.29) is 6.42 Å². The summed E-state index contributed by atoms with van der Waals surface area (Å²) in [5.74, 6) is -3.15. The first kappa shape index (κ1) is 14.0. The van der Waals surface area contributed by atoms with E-state index in [1.807, 2.05) is 0 Å². The minimum absolute atomic E-state index is 0.0225. The highest BCUT2D eigenvalue weighted by Gasteiger charge is 2.47. The van der Waals surface area contributed by atoms with E-state index in [0.717, 1.165) is 0 Å². The fraction of sp³-hybridized carbons (Fsp3) is 0.600. The predicted molar refractivity (Wildman–Crippen MR) is 57.1 cm³/mol. The number of Topliss-reactive ketones (excluding diaryl/α,β-unsaturated/α-hetero) is 1. The molecule has 1 saturated heterocycles. The zero-order chi connectivity index (χ0) is 13.9. The molecule has 1 amide bonds. The summed E-state index contributed by atoms with van der Waals surface area (Å²) >= 11 is 0. The van der Waals surface area contributed by atoms with Gasteiger partial charge in [0.1, 0.15) is 5.92 Å². The molecule has 8 nitrogen and oxygen atoms in total. The summed E-state index contributed by atoms with van der Waals surface area (Å²) in [6, 6.07) is 0. The van der Waals surface area contributed by atoms with Gasteiger partial charge in [-0.3, -0.25) is 9.59 Å². The molecule has 0 unspecified atom stereocenters. The van der Waals surface area contributed by atoms with Crippen LogP contribution in [-0.4, -0.2) is 45.6 Å². The van der Waals surface area contributed by atoms with Crippen molar-refractivity contribution in [1.29, 1.82) is 0 Å². The highest BCUT2D eigenvalue weighted by molar-refractivity contribution is 6.62. The van der Waals surface area contributed by atoms with Crippen molar-refractivity contribution in [2.75, 3.05) is 0 Å². The van der Waals surface area contributed by atoms with E-state index in [0.29, 0.717) is 0 Å². The molecule has 1 heterocycles. The zero-order valence-electron chi connectivity index (χ0n) is 9.91. The number of hydrogen-bond donors (Lipinski definition) is 2. The van der Waals surface area contributed by atoms with Crippen molar-refractivity contribution in [3.05, 3.63) is 5.53 Å². The Morgan fingerprint density at radius 2 is 2.22 bits per heavy atom. The second-order valence-corrected chi connectivity index (χ2v) is 3.83. The topological polar surface area (TPSA) is 129 Å². The van der Waals surface area contributed by atoms with E-state index in [9.17, 15) is 19.5 Å². The van der Waals surface area contributed by atoms with Crippen molar-refractivity contribution in [3.8, 4) is 0 Å². The molecule has 0 aromatic heterocycles. The SMILES string of the molecule is CCC(=O)C(=[N+]=[N-])C(=O)O[C@H]1NC(=O)[C@H]1[C@@H](C)O. The van der Waals surface area contributed by atoms with Crippen LogP contribution in [0.4, 0.5) is 0 Å². The molecular formula is C10H13N3O5. The van der Waals surface area contributed by atoms with Crippen LogP contribution in [0.1, 0.15) is 20.3 Å². The van der Waals surface area contributed by atoms with Crippen molar-refractivity contribution >= 4 is 23.4 Å². The molecule has 98 valence electrons. The van der Waals surface area contributed by atoms with Gasteiger partial charge >= 0.3 is 11.7 Å². The van der Waals surface area contributed by atoms with Crippen molar-refractivity contribution in [2.24, 2.45) is 5.92 Å². The maximum Gasteiger partial charge on any atom is 0.441 e. The minimum Gasteiger partial charge on any atom is -0.432 e. The Hall–Kier alpha value is -2.05. The molecule has 2 N–H and O–H groups in total. The van der Waals surface area contributed by atoms with Gasteiger partial charge in [0.15, 0.2) is 6.23 Å². The van der Waals surface area contributed by atoms with E-state index < -0.39 is 41.6 Å². The first-order valence-corrected chi connectivity index (χ1v) is 5.37. The van der Waals surface area contributed by atoms with Gasteiger partial charge in [-0.1, -0.05) is 6.92 Å². The van der Waals surface area contributed by atoms with E-state index in [2.05, 4.69) is 10.1 Å². The molecule has 0 aromatic carbocycles. The first-order valence-electron chi connectivity index (χ1n) is 5.37. The van der Waals surface area contributed by atoms with E-state index in [4.69, 9.17) is 10.3 Å². The van der Waals surface area contributed by atoms with Crippen LogP contribution in [0.2, 0.25) is 0 Å². The van der Waals surface area contributed by atoms with Gasteiger partial charge in [-0.2, -0.15) is 4.79 Å². The number of hydrogen-bond acceptors (Lipinski definition) is 5.